The number of benzene rings is 1. The van der Waals surface area contributed by atoms with Crippen LogP contribution in [0.4, 0.5) is 4.39 Å². The Kier molecular flexibility index (Phi) is 7.20. The van der Waals surface area contributed by atoms with E-state index in [0.29, 0.717) is 18.6 Å². The summed E-state index contributed by atoms with van der Waals surface area (Å²) < 4.78 is 20.2. The fourth-order valence-electron chi connectivity index (χ4n) is 9.89. The van der Waals surface area contributed by atoms with Crippen molar-refractivity contribution in [2.24, 2.45) is 28.6 Å². The van der Waals surface area contributed by atoms with Gasteiger partial charge in [0.15, 0.2) is 0 Å². The number of hydrogen-bond donors (Lipinski definition) is 2. The van der Waals surface area contributed by atoms with Gasteiger partial charge in [-0.1, -0.05) is 26.3 Å². The van der Waals surface area contributed by atoms with Crippen LogP contribution in [0, 0.1) is 34.4 Å². The normalized spacial score (nSPS) is 37.8. The second-order valence-corrected chi connectivity index (χ2v) is 15.0. The van der Waals surface area contributed by atoms with Gasteiger partial charge in [-0.3, -0.25) is 4.79 Å². The molecule has 43 heavy (non-hydrogen) atoms. The number of carboxylic acid groups (broad SMARTS) is 1. The summed E-state index contributed by atoms with van der Waals surface area (Å²) in [5.41, 5.74) is 0.550. The predicted octanol–water partition coefficient (Wildman–Crippen LogP) is 5.24. The SMILES string of the molecule is CCSC1(CC=O)C[C@H]2[C@@H]3CCC4=Cc5c(cnn5-c5ccc(F)cc5)CC4(C)[C@H]3[C@@H](O)C[C@]2(C)[C@@]1(OC(C)=O)C(=O)O. The van der Waals surface area contributed by atoms with Crippen LogP contribution < -0.4 is 0 Å². The van der Waals surface area contributed by atoms with E-state index in [-0.39, 0.29) is 36.4 Å². The number of esters is 1. The summed E-state index contributed by atoms with van der Waals surface area (Å²) in [5.74, 6) is -2.09. The molecule has 3 saturated carbocycles. The summed E-state index contributed by atoms with van der Waals surface area (Å²) in [4.78, 5) is 38.1. The number of fused-ring (bicyclic) bond motifs is 6. The molecule has 2 aromatic rings. The number of aliphatic carboxylic acids is 1. The molecule has 0 aliphatic heterocycles. The third-order valence-corrected chi connectivity index (χ3v) is 12.8. The Labute approximate surface area is 255 Å². The summed E-state index contributed by atoms with van der Waals surface area (Å²) in [6, 6.07) is 6.24. The highest BCUT2D eigenvalue weighted by Gasteiger charge is 2.79. The summed E-state index contributed by atoms with van der Waals surface area (Å²) in [7, 11) is 0. The quantitative estimate of drug-likeness (QED) is 0.323. The van der Waals surface area contributed by atoms with E-state index >= 15 is 0 Å². The molecule has 2 unspecified atom stereocenters. The zero-order valence-electron chi connectivity index (χ0n) is 25.0. The molecule has 3 fully saturated rings. The minimum atomic E-state index is -1.96. The summed E-state index contributed by atoms with van der Waals surface area (Å²) >= 11 is 1.39. The maximum Gasteiger partial charge on any atom is 0.350 e. The van der Waals surface area contributed by atoms with E-state index in [1.165, 1.54) is 36.4 Å². The highest BCUT2D eigenvalue weighted by Crippen LogP contribution is 2.73. The molecule has 8 nitrogen and oxygen atoms in total. The molecular weight excluding hydrogens is 571 g/mol. The molecule has 0 saturated heterocycles. The van der Waals surface area contributed by atoms with Crippen molar-refractivity contribution in [1.29, 1.82) is 0 Å². The van der Waals surface area contributed by atoms with E-state index in [0.717, 1.165) is 36.1 Å². The Morgan fingerprint density at radius 3 is 2.58 bits per heavy atom. The molecule has 230 valence electrons. The van der Waals surface area contributed by atoms with Crippen LogP contribution in [0.2, 0.25) is 0 Å². The molecule has 0 amide bonds. The topological polar surface area (TPSA) is 119 Å². The maximum atomic E-state index is 13.6. The predicted molar refractivity (Wildman–Crippen MR) is 160 cm³/mol. The van der Waals surface area contributed by atoms with Gasteiger partial charge in [-0.15, -0.1) is 0 Å². The molecule has 4 aliphatic rings. The number of carbonyl (C=O) groups is 3. The highest BCUT2D eigenvalue weighted by atomic mass is 32.2. The lowest BCUT2D eigenvalue weighted by molar-refractivity contribution is -0.213. The van der Waals surface area contributed by atoms with Crippen LogP contribution in [0.3, 0.4) is 0 Å². The zero-order chi connectivity index (χ0) is 30.9. The molecule has 0 bridgehead atoms. The first-order chi connectivity index (χ1) is 20.4. The van der Waals surface area contributed by atoms with E-state index in [4.69, 9.17) is 4.74 Å². The van der Waals surface area contributed by atoms with Crippen LogP contribution >= 0.6 is 11.8 Å². The van der Waals surface area contributed by atoms with Crippen LogP contribution in [-0.4, -0.2) is 60.4 Å². The number of rotatable bonds is 7. The molecule has 4 aliphatic carbocycles. The lowest BCUT2D eigenvalue weighted by Crippen LogP contribution is -2.67. The Hall–Kier alpha value is -2.98. The monoisotopic (exact) mass is 610 g/mol. The van der Waals surface area contributed by atoms with Crippen LogP contribution in [0.15, 0.2) is 36.0 Å². The average molecular weight is 611 g/mol. The third kappa shape index (κ3) is 4.04. The van der Waals surface area contributed by atoms with Crippen molar-refractivity contribution >= 4 is 36.1 Å². The van der Waals surface area contributed by atoms with Crippen molar-refractivity contribution in [2.75, 3.05) is 5.75 Å². The van der Waals surface area contributed by atoms with Crippen LogP contribution in [0.25, 0.3) is 11.8 Å². The third-order valence-electron chi connectivity index (χ3n) is 11.3. The first-order valence-corrected chi connectivity index (χ1v) is 16.1. The molecule has 1 aromatic heterocycles. The van der Waals surface area contributed by atoms with Crippen molar-refractivity contribution in [1.82, 2.24) is 9.78 Å². The Morgan fingerprint density at radius 2 is 1.95 bits per heavy atom. The highest BCUT2D eigenvalue weighted by molar-refractivity contribution is 8.00. The number of hydrogen-bond acceptors (Lipinski definition) is 7. The van der Waals surface area contributed by atoms with E-state index in [1.54, 1.807) is 12.1 Å². The molecular formula is C33H39FN2O6S. The van der Waals surface area contributed by atoms with Gasteiger partial charge in [-0.25, -0.2) is 13.9 Å². The fraction of sp³-hybridized carbons (Fsp3) is 0.576. The molecule has 1 aromatic carbocycles. The van der Waals surface area contributed by atoms with Gasteiger partial charge in [0.2, 0.25) is 5.60 Å². The summed E-state index contributed by atoms with van der Waals surface area (Å²) in [6.45, 7) is 7.20. The van der Waals surface area contributed by atoms with Gasteiger partial charge in [0.1, 0.15) is 12.1 Å². The summed E-state index contributed by atoms with van der Waals surface area (Å²) in [5, 5.41) is 27.6. The Balaban J connectivity index is 1.44. The zero-order valence-corrected chi connectivity index (χ0v) is 25.8. The average Bonchev–Trinajstić information content (AvgIpc) is 3.42. The largest absolute Gasteiger partial charge is 0.478 e. The van der Waals surface area contributed by atoms with E-state index in [1.807, 2.05) is 24.7 Å². The minimum absolute atomic E-state index is 0.0372. The van der Waals surface area contributed by atoms with E-state index in [9.17, 15) is 29.0 Å². The lowest BCUT2D eigenvalue weighted by atomic mass is 9.45. The number of aliphatic hydroxyl groups excluding tert-OH is 1. The maximum absolute atomic E-state index is 13.6. The van der Waals surface area contributed by atoms with Gasteiger partial charge in [0.05, 0.1) is 28.4 Å². The second-order valence-electron chi connectivity index (χ2n) is 13.3. The van der Waals surface area contributed by atoms with Gasteiger partial charge < -0.3 is 19.7 Å². The first-order valence-electron chi connectivity index (χ1n) is 15.1. The van der Waals surface area contributed by atoms with Gasteiger partial charge in [-0.05, 0) is 96.9 Å². The van der Waals surface area contributed by atoms with E-state index < -0.39 is 39.2 Å². The van der Waals surface area contributed by atoms with Crippen molar-refractivity contribution in [3.05, 3.63) is 53.1 Å². The van der Waals surface area contributed by atoms with Crippen molar-refractivity contribution < 1.29 is 33.7 Å². The number of thioether (sulfide) groups is 1. The minimum Gasteiger partial charge on any atom is -0.478 e. The van der Waals surface area contributed by atoms with Gasteiger partial charge in [0, 0.05) is 18.8 Å². The Bertz CT molecular complexity index is 1510. The molecule has 0 radical (unpaired) electrons. The number of aldehydes is 1. The van der Waals surface area contributed by atoms with Gasteiger partial charge >= 0.3 is 11.9 Å². The number of aromatic nitrogens is 2. The number of carbonyl (C=O) groups excluding carboxylic acids is 2. The number of carboxylic acids is 1. The second kappa shape index (κ2) is 10.3. The van der Waals surface area contributed by atoms with Crippen LogP contribution in [0.1, 0.15) is 71.1 Å². The lowest BCUT2D eigenvalue weighted by Gasteiger charge is -2.60. The first kappa shape index (κ1) is 30.1. The molecule has 6 rings (SSSR count). The molecule has 2 N–H and O–H groups in total. The van der Waals surface area contributed by atoms with E-state index in [2.05, 4.69) is 18.1 Å². The number of allylic oxidation sites excluding steroid dienone is 1. The molecule has 0 spiro atoms. The van der Waals surface area contributed by atoms with Crippen molar-refractivity contribution in [2.45, 2.75) is 82.7 Å². The van der Waals surface area contributed by atoms with Gasteiger partial charge in [-0.2, -0.15) is 16.9 Å². The molecule has 8 atom stereocenters. The standard InChI is InChI=1S/C33H39FN2O6S/c1-5-43-32(12-13-37)16-25-24-11-6-21-14-26-20(18-35-36(26)23-9-7-22(34)8-10-23)15-30(21,3)28(24)27(39)17-31(25,4)33(32,29(40)41)42-19(2)38/h7-10,13-14,18,24-25,27-28,39H,5-6,11-12,15-17H2,1-4H3,(H,40,41)/t24-,25-,27-,28+,30?,31-,32?,33-/m0/s1. The number of aliphatic hydroxyl groups is 1. The van der Waals surface area contributed by atoms with Crippen LogP contribution in [-0.2, 0) is 25.5 Å². The molecule has 10 heteroatoms. The number of nitrogens with zero attached hydrogens (tertiary/aromatic N) is 2. The molecule has 1 heterocycles. The Morgan fingerprint density at radius 1 is 1.23 bits per heavy atom. The number of ether oxygens (including phenoxy) is 1. The summed E-state index contributed by atoms with van der Waals surface area (Å²) in [6.07, 6.45) is 6.60. The van der Waals surface area contributed by atoms with Crippen molar-refractivity contribution in [3.8, 4) is 5.69 Å². The van der Waals surface area contributed by atoms with Gasteiger partial charge in [0.25, 0.3) is 0 Å². The fourth-order valence-corrected chi connectivity index (χ4v) is 11.5. The van der Waals surface area contributed by atoms with Crippen LogP contribution in [0.5, 0.6) is 0 Å². The number of halogens is 1. The van der Waals surface area contributed by atoms with Crippen molar-refractivity contribution in [3.63, 3.8) is 0 Å². The smallest absolute Gasteiger partial charge is 0.350 e.